The van der Waals surface area contributed by atoms with Gasteiger partial charge in [-0.3, -0.25) is 20.4 Å². The molecular weight excluding hydrogens is 300 g/mol. The van der Waals surface area contributed by atoms with Crippen LogP contribution in [-0.2, 0) is 4.79 Å². The minimum atomic E-state index is -0.477. The molecule has 7 heteroatoms. The molecule has 0 radical (unpaired) electrons. The highest BCUT2D eigenvalue weighted by Crippen LogP contribution is 2.22. The van der Waals surface area contributed by atoms with E-state index in [1.807, 2.05) is 0 Å². The number of hydrogen-bond acceptors (Lipinski definition) is 4. The lowest BCUT2D eigenvalue weighted by Crippen LogP contribution is -2.43. The second-order valence-corrected chi connectivity index (χ2v) is 5.05. The molecule has 1 aromatic carbocycles. The summed E-state index contributed by atoms with van der Waals surface area (Å²) in [6.07, 6.45) is 0. The number of amides is 2. The van der Waals surface area contributed by atoms with Gasteiger partial charge in [-0.2, -0.15) is 0 Å². The first kappa shape index (κ1) is 14.4. The molecule has 0 aliphatic rings. The number of hydrazine groups is 1. The monoisotopic (exact) mass is 310 g/mol. The van der Waals surface area contributed by atoms with Gasteiger partial charge in [-0.05, 0) is 23.6 Å². The summed E-state index contributed by atoms with van der Waals surface area (Å²) in [6, 6.07) is 10.2. The number of para-hydroxylation sites is 1. The zero-order valence-corrected chi connectivity index (χ0v) is 11.8. The van der Waals surface area contributed by atoms with Crippen molar-refractivity contribution in [2.45, 2.75) is 0 Å². The number of benzene rings is 1. The molecule has 2 rings (SSSR count). The summed E-state index contributed by atoms with van der Waals surface area (Å²) in [4.78, 5) is 23.6. The first-order valence-electron chi connectivity index (χ1n) is 5.67. The van der Waals surface area contributed by atoms with Crippen LogP contribution in [0.2, 0.25) is 5.02 Å². The summed E-state index contributed by atoms with van der Waals surface area (Å²) in [6.45, 7) is -0.242. The van der Waals surface area contributed by atoms with Crippen molar-refractivity contribution in [2.75, 3.05) is 6.61 Å². The van der Waals surface area contributed by atoms with Crippen LogP contribution in [0.15, 0.2) is 41.8 Å². The van der Waals surface area contributed by atoms with E-state index < -0.39 is 5.91 Å². The van der Waals surface area contributed by atoms with Crippen LogP contribution in [0.5, 0.6) is 5.75 Å². The Bertz CT molecular complexity index is 601. The third kappa shape index (κ3) is 3.97. The molecular formula is C13H11ClN2O3S. The van der Waals surface area contributed by atoms with Crippen molar-refractivity contribution in [3.8, 4) is 5.75 Å². The summed E-state index contributed by atoms with van der Waals surface area (Å²) < 4.78 is 5.23. The normalized spacial score (nSPS) is 9.85. The van der Waals surface area contributed by atoms with Gasteiger partial charge in [-0.1, -0.05) is 29.8 Å². The number of halogens is 1. The molecule has 0 fully saturated rings. The lowest BCUT2D eigenvalue weighted by molar-refractivity contribution is -0.123. The fourth-order valence-corrected chi connectivity index (χ4v) is 2.15. The number of rotatable bonds is 4. The van der Waals surface area contributed by atoms with Crippen LogP contribution in [0.3, 0.4) is 0 Å². The molecule has 0 aliphatic carbocycles. The maximum atomic E-state index is 11.6. The molecule has 0 saturated heterocycles. The van der Waals surface area contributed by atoms with E-state index in [1.54, 1.807) is 41.8 Å². The van der Waals surface area contributed by atoms with Crippen molar-refractivity contribution in [3.63, 3.8) is 0 Å². The topological polar surface area (TPSA) is 67.4 Å². The Balaban J connectivity index is 1.76. The molecule has 0 aliphatic heterocycles. The number of nitrogens with one attached hydrogen (secondary N) is 2. The first-order chi connectivity index (χ1) is 9.66. The van der Waals surface area contributed by atoms with Crippen LogP contribution in [0.4, 0.5) is 0 Å². The summed E-state index contributed by atoms with van der Waals surface area (Å²) in [5.41, 5.74) is 4.56. The molecule has 2 amide bonds. The molecule has 1 heterocycles. The first-order valence-corrected chi connectivity index (χ1v) is 6.92. The predicted octanol–water partition coefficient (Wildman–Crippen LogP) is 2.24. The smallest absolute Gasteiger partial charge is 0.279 e. The van der Waals surface area contributed by atoms with Gasteiger partial charge >= 0.3 is 0 Å². The molecule has 0 atom stereocenters. The second kappa shape index (κ2) is 6.93. The van der Waals surface area contributed by atoms with Crippen LogP contribution >= 0.6 is 22.9 Å². The quantitative estimate of drug-likeness (QED) is 0.851. The Morgan fingerprint density at radius 3 is 2.65 bits per heavy atom. The molecule has 1 aromatic heterocycles. The van der Waals surface area contributed by atoms with Gasteiger partial charge in [0, 0.05) is 0 Å². The Hall–Kier alpha value is -2.05. The van der Waals surface area contributed by atoms with Gasteiger partial charge in [0.05, 0.1) is 9.90 Å². The van der Waals surface area contributed by atoms with Crippen LogP contribution in [-0.4, -0.2) is 18.4 Å². The Morgan fingerprint density at radius 1 is 1.15 bits per heavy atom. The fourth-order valence-electron chi connectivity index (χ4n) is 1.34. The Labute approximate surface area is 124 Å². The largest absolute Gasteiger partial charge is 0.482 e. The van der Waals surface area contributed by atoms with Gasteiger partial charge < -0.3 is 4.74 Å². The highest BCUT2D eigenvalue weighted by molar-refractivity contribution is 7.12. The molecule has 5 nitrogen and oxygen atoms in total. The maximum Gasteiger partial charge on any atom is 0.279 e. The summed E-state index contributed by atoms with van der Waals surface area (Å²) in [7, 11) is 0. The third-order valence-corrected chi connectivity index (χ3v) is 3.44. The zero-order chi connectivity index (χ0) is 14.4. The Morgan fingerprint density at radius 2 is 1.95 bits per heavy atom. The van der Waals surface area contributed by atoms with Crippen LogP contribution in [0.1, 0.15) is 9.67 Å². The zero-order valence-electron chi connectivity index (χ0n) is 10.3. The van der Waals surface area contributed by atoms with Crippen molar-refractivity contribution in [3.05, 3.63) is 51.7 Å². The van der Waals surface area contributed by atoms with E-state index in [2.05, 4.69) is 10.9 Å². The number of hydrogen-bond donors (Lipinski definition) is 2. The van der Waals surface area contributed by atoms with Gasteiger partial charge in [0.1, 0.15) is 5.75 Å². The third-order valence-electron chi connectivity index (χ3n) is 2.26. The Kier molecular flexibility index (Phi) is 4.97. The minimum Gasteiger partial charge on any atom is -0.482 e. The highest BCUT2D eigenvalue weighted by atomic mass is 35.5. The highest BCUT2D eigenvalue weighted by Gasteiger charge is 2.09. The molecule has 0 bridgehead atoms. The van der Waals surface area contributed by atoms with Crippen molar-refractivity contribution in [2.24, 2.45) is 0 Å². The van der Waals surface area contributed by atoms with Crippen molar-refractivity contribution < 1.29 is 14.3 Å². The van der Waals surface area contributed by atoms with E-state index in [9.17, 15) is 9.59 Å². The summed E-state index contributed by atoms with van der Waals surface area (Å²) in [5, 5.41) is 2.19. The molecule has 2 aromatic rings. The van der Waals surface area contributed by atoms with Crippen LogP contribution < -0.4 is 15.6 Å². The van der Waals surface area contributed by atoms with E-state index >= 15 is 0 Å². The number of thiophene rings is 1. The van der Waals surface area contributed by atoms with E-state index in [1.165, 1.54) is 11.3 Å². The second-order valence-electron chi connectivity index (χ2n) is 3.70. The molecule has 20 heavy (non-hydrogen) atoms. The molecule has 0 spiro atoms. The SMILES string of the molecule is O=C(COc1ccccc1Cl)NNC(=O)c1cccs1. The number of ether oxygens (including phenoxy) is 1. The van der Waals surface area contributed by atoms with Gasteiger partial charge in [-0.15, -0.1) is 11.3 Å². The molecule has 0 unspecified atom stereocenters. The predicted molar refractivity (Wildman–Crippen MR) is 76.9 cm³/mol. The van der Waals surface area contributed by atoms with Crippen molar-refractivity contribution in [1.29, 1.82) is 0 Å². The fraction of sp³-hybridized carbons (Fsp3) is 0.0769. The average Bonchev–Trinajstić information content (AvgIpc) is 2.98. The van der Waals surface area contributed by atoms with E-state index in [0.29, 0.717) is 15.6 Å². The molecule has 0 saturated carbocycles. The summed E-state index contributed by atoms with van der Waals surface area (Å²) >= 11 is 7.16. The van der Waals surface area contributed by atoms with Crippen LogP contribution in [0, 0.1) is 0 Å². The van der Waals surface area contributed by atoms with E-state index in [4.69, 9.17) is 16.3 Å². The lowest BCUT2D eigenvalue weighted by Gasteiger charge is -2.09. The molecule has 2 N–H and O–H groups in total. The van der Waals surface area contributed by atoms with E-state index in [0.717, 1.165) is 0 Å². The summed E-state index contributed by atoms with van der Waals surface area (Å²) in [5.74, 6) is -0.435. The average molecular weight is 311 g/mol. The van der Waals surface area contributed by atoms with E-state index in [-0.39, 0.29) is 12.5 Å². The van der Waals surface area contributed by atoms with Crippen molar-refractivity contribution >= 4 is 34.8 Å². The van der Waals surface area contributed by atoms with Crippen molar-refractivity contribution in [1.82, 2.24) is 10.9 Å². The van der Waals surface area contributed by atoms with Crippen LogP contribution in [0.25, 0.3) is 0 Å². The van der Waals surface area contributed by atoms with Gasteiger partial charge in [0.2, 0.25) is 0 Å². The lowest BCUT2D eigenvalue weighted by atomic mass is 10.3. The standard InChI is InChI=1S/C13H11ClN2O3S/c14-9-4-1-2-5-10(9)19-8-12(17)15-16-13(18)11-6-3-7-20-11/h1-7H,8H2,(H,15,17)(H,16,18). The van der Waals surface area contributed by atoms with Gasteiger partial charge in [0.25, 0.3) is 11.8 Å². The number of carbonyl (C=O) groups is 2. The van der Waals surface area contributed by atoms with Gasteiger partial charge in [-0.25, -0.2) is 0 Å². The molecule has 104 valence electrons. The maximum absolute atomic E-state index is 11.6. The number of carbonyl (C=O) groups excluding carboxylic acids is 2. The minimum absolute atomic E-state index is 0.242. The van der Waals surface area contributed by atoms with Gasteiger partial charge in [0.15, 0.2) is 6.61 Å².